The van der Waals surface area contributed by atoms with Gasteiger partial charge in [-0.05, 0) is 36.8 Å². The van der Waals surface area contributed by atoms with Gasteiger partial charge in [0.15, 0.2) is 0 Å². The predicted octanol–water partition coefficient (Wildman–Crippen LogP) is 2.03. The molecule has 0 N–H and O–H groups in total. The Morgan fingerprint density at radius 1 is 1.04 bits per heavy atom. The molecule has 0 bridgehead atoms. The first-order chi connectivity index (χ1) is 12.1. The summed E-state index contributed by atoms with van der Waals surface area (Å²) in [6.07, 6.45) is 6.00. The molecular weight excluding hydrogens is 316 g/mol. The van der Waals surface area contributed by atoms with Crippen molar-refractivity contribution in [1.29, 1.82) is 0 Å². The van der Waals surface area contributed by atoms with Crippen LogP contribution in [0.25, 0.3) is 0 Å². The fourth-order valence-electron chi connectivity index (χ4n) is 4.61. The van der Waals surface area contributed by atoms with Gasteiger partial charge in [-0.15, -0.1) is 0 Å². The largest absolute Gasteiger partial charge is 0.341 e. The number of fused-ring (bicyclic) bond motifs is 2. The van der Waals surface area contributed by atoms with Crippen molar-refractivity contribution >= 4 is 17.7 Å². The second kappa shape index (κ2) is 6.28. The third-order valence-electron chi connectivity index (χ3n) is 6.01. The Bertz CT molecular complexity index is 721. The van der Waals surface area contributed by atoms with Gasteiger partial charge in [0, 0.05) is 19.5 Å². The van der Waals surface area contributed by atoms with E-state index in [2.05, 4.69) is 0 Å². The topological polar surface area (TPSA) is 57.7 Å². The summed E-state index contributed by atoms with van der Waals surface area (Å²) in [5.41, 5.74) is 1.41. The average molecular weight is 340 g/mol. The normalized spacial score (nSPS) is 26.2. The summed E-state index contributed by atoms with van der Waals surface area (Å²) in [7, 11) is 0. The number of imide groups is 1. The van der Waals surface area contributed by atoms with Gasteiger partial charge < -0.3 is 4.90 Å². The molecule has 1 aromatic carbocycles. The third kappa shape index (κ3) is 2.66. The van der Waals surface area contributed by atoms with Crippen LogP contribution in [0.4, 0.5) is 0 Å². The predicted molar refractivity (Wildman–Crippen MR) is 92.8 cm³/mol. The van der Waals surface area contributed by atoms with E-state index in [4.69, 9.17) is 0 Å². The molecule has 3 aliphatic rings. The molecular formula is C20H24N2O3. The lowest BCUT2D eigenvalue weighted by Gasteiger charge is -2.25. The standard InChI is InChI=1S/C20H24N2O3/c23-17-13-20(10-9-15-7-3-4-8-16(15)20)19(25)22(17)14-18(24)21-11-5-1-2-6-12-21/h3-4,7-8H,1-2,5-6,9-14H2/t20-/m0/s1. The molecule has 5 heteroatoms. The van der Waals surface area contributed by atoms with Crippen LogP contribution < -0.4 is 0 Å². The smallest absolute Gasteiger partial charge is 0.242 e. The maximum absolute atomic E-state index is 13.1. The first kappa shape index (κ1) is 16.3. The highest BCUT2D eigenvalue weighted by atomic mass is 16.2. The van der Waals surface area contributed by atoms with E-state index in [0.717, 1.165) is 56.3 Å². The van der Waals surface area contributed by atoms with E-state index in [-0.39, 0.29) is 30.7 Å². The molecule has 25 heavy (non-hydrogen) atoms. The van der Waals surface area contributed by atoms with Crippen molar-refractivity contribution in [2.75, 3.05) is 19.6 Å². The molecule has 1 aromatic rings. The maximum Gasteiger partial charge on any atom is 0.242 e. The fourth-order valence-corrected chi connectivity index (χ4v) is 4.61. The molecule has 1 atom stereocenters. The molecule has 2 fully saturated rings. The van der Waals surface area contributed by atoms with Crippen LogP contribution in [-0.2, 0) is 26.2 Å². The van der Waals surface area contributed by atoms with E-state index in [9.17, 15) is 14.4 Å². The van der Waals surface area contributed by atoms with Gasteiger partial charge in [-0.25, -0.2) is 0 Å². The number of rotatable bonds is 2. The van der Waals surface area contributed by atoms with Gasteiger partial charge >= 0.3 is 0 Å². The molecule has 4 rings (SSSR count). The number of carbonyl (C=O) groups excluding carboxylic acids is 3. The van der Waals surface area contributed by atoms with Gasteiger partial charge in [0.25, 0.3) is 0 Å². The van der Waals surface area contributed by atoms with Crippen molar-refractivity contribution in [3.8, 4) is 0 Å². The summed E-state index contributed by atoms with van der Waals surface area (Å²) < 4.78 is 0. The number of nitrogens with zero attached hydrogens (tertiary/aromatic N) is 2. The van der Waals surface area contributed by atoms with E-state index in [0.29, 0.717) is 6.42 Å². The molecule has 0 unspecified atom stereocenters. The van der Waals surface area contributed by atoms with Gasteiger partial charge in [-0.2, -0.15) is 0 Å². The van der Waals surface area contributed by atoms with Crippen LogP contribution in [0.15, 0.2) is 24.3 Å². The van der Waals surface area contributed by atoms with E-state index in [1.807, 2.05) is 29.2 Å². The molecule has 1 aliphatic carbocycles. The summed E-state index contributed by atoms with van der Waals surface area (Å²) in [4.78, 5) is 41.4. The molecule has 2 saturated heterocycles. The zero-order valence-corrected chi connectivity index (χ0v) is 14.5. The fraction of sp³-hybridized carbons (Fsp3) is 0.550. The molecule has 2 heterocycles. The first-order valence-electron chi connectivity index (χ1n) is 9.33. The van der Waals surface area contributed by atoms with Crippen LogP contribution in [0.5, 0.6) is 0 Å². The van der Waals surface area contributed by atoms with Crippen molar-refractivity contribution in [2.45, 2.75) is 50.4 Å². The monoisotopic (exact) mass is 340 g/mol. The Morgan fingerprint density at radius 3 is 2.52 bits per heavy atom. The van der Waals surface area contributed by atoms with Crippen molar-refractivity contribution < 1.29 is 14.4 Å². The van der Waals surface area contributed by atoms with Crippen LogP contribution in [0.2, 0.25) is 0 Å². The quantitative estimate of drug-likeness (QED) is 0.774. The van der Waals surface area contributed by atoms with Gasteiger partial charge in [0.05, 0.1) is 5.41 Å². The Balaban J connectivity index is 1.53. The number of aryl methyl sites for hydroxylation is 1. The highest BCUT2D eigenvalue weighted by Gasteiger charge is 2.55. The minimum Gasteiger partial charge on any atom is -0.341 e. The molecule has 0 saturated carbocycles. The second-order valence-electron chi connectivity index (χ2n) is 7.50. The summed E-state index contributed by atoms with van der Waals surface area (Å²) in [6.45, 7) is 1.38. The lowest BCUT2D eigenvalue weighted by molar-refractivity contribution is -0.146. The maximum atomic E-state index is 13.1. The summed E-state index contributed by atoms with van der Waals surface area (Å²) in [5, 5.41) is 0. The average Bonchev–Trinajstić information content (AvgIpc) is 2.94. The van der Waals surface area contributed by atoms with E-state index in [1.165, 1.54) is 4.90 Å². The Kier molecular flexibility index (Phi) is 4.10. The van der Waals surface area contributed by atoms with Gasteiger partial charge in [-0.3, -0.25) is 19.3 Å². The van der Waals surface area contributed by atoms with Crippen molar-refractivity contribution in [1.82, 2.24) is 9.80 Å². The van der Waals surface area contributed by atoms with Crippen molar-refractivity contribution in [2.24, 2.45) is 0 Å². The lowest BCUT2D eigenvalue weighted by Crippen LogP contribution is -2.45. The lowest BCUT2D eigenvalue weighted by atomic mass is 9.80. The zero-order valence-electron chi connectivity index (χ0n) is 14.5. The minimum absolute atomic E-state index is 0.0908. The Hall–Kier alpha value is -2.17. The number of carbonyl (C=O) groups is 3. The number of hydrogen-bond donors (Lipinski definition) is 0. The minimum atomic E-state index is -0.729. The van der Waals surface area contributed by atoms with Crippen LogP contribution >= 0.6 is 0 Å². The van der Waals surface area contributed by atoms with Crippen LogP contribution in [-0.4, -0.2) is 47.2 Å². The summed E-state index contributed by atoms with van der Waals surface area (Å²) in [6, 6.07) is 7.90. The van der Waals surface area contributed by atoms with Crippen molar-refractivity contribution in [3.05, 3.63) is 35.4 Å². The van der Waals surface area contributed by atoms with Crippen LogP contribution in [0, 0.1) is 0 Å². The number of benzene rings is 1. The number of hydrogen-bond acceptors (Lipinski definition) is 3. The van der Waals surface area contributed by atoms with Crippen LogP contribution in [0.3, 0.4) is 0 Å². The molecule has 0 aromatic heterocycles. The Labute approximate surface area is 148 Å². The molecule has 5 nitrogen and oxygen atoms in total. The first-order valence-corrected chi connectivity index (χ1v) is 9.33. The molecule has 0 radical (unpaired) electrons. The third-order valence-corrected chi connectivity index (χ3v) is 6.01. The molecule has 2 aliphatic heterocycles. The second-order valence-corrected chi connectivity index (χ2v) is 7.50. The van der Waals surface area contributed by atoms with Crippen LogP contribution in [0.1, 0.15) is 49.7 Å². The van der Waals surface area contributed by atoms with Gasteiger partial charge in [0.1, 0.15) is 6.54 Å². The number of amides is 3. The molecule has 1 spiro atoms. The molecule has 3 amide bonds. The SMILES string of the molecule is O=C(CN1C(=O)C[C@]2(CCc3ccccc32)C1=O)N1CCCCCC1. The number of likely N-dealkylation sites (tertiary alicyclic amines) is 2. The van der Waals surface area contributed by atoms with E-state index >= 15 is 0 Å². The Morgan fingerprint density at radius 2 is 1.76 bits per heavy atom. The highest BCUT2D eigenvalue weighted by molar-refractivity contribution is 6.11. The van der Waals surface area contributed by atoms with Crippen molar-refractivity contribution in [3.63, 3.8) is 0 Å². The zero-order chi connectivity index (χ0) is 17.4. The molecule has 132 valence electrons. The van der Waals surface area contributed by atoms with Gasteiger partial charge in [-0.1, -0.05) is 37.1 Å². The van der Waals surface area contributed by atoms with E-state index in [1.54, 1.807) is 0 Å². The van der Waals surface area contributed by atoms with E-state index < -0.39 is 5.41 Å². The van der Waals surface area contributed by atoms with Gasteiger partial charge in [0.2, 0.25) is 17.7 Å². The summed E-state index contributed by atoms with van der Waals surface area (Å²) in [5.74, 6) is -0.470. The summed E-state index contributed by atoms with van der Waals surface area (Å²) >= 11 is 0. The highest BCUT2D eigenvalue weighted by Crippen LogP contribution is 2.46.